The van der Waals surface area contributed by atoms with E-state index in [2.05, 4.69) is 5.32 Å². The minimum atomic E-state index is -1.09. The van der Waals surface area contributed by atoms with Gasteiger partial charge in [0.25, 0.3) is 5.91 Å². The maximum atomic E-state index is 13.8. The van der Waals surface area contributed by atoms with Crippen LogP contribution in [0.4, 0.5) is 4.39 Å². The monoisotopic (exact) mass is 291 g/mol. The number of halogens is 1. The molecule has 2 N–H and O–H groups in total. The van der Waals surface area contributed by atoms with Crippen molar-refractivity contribution in [3.05, 3.63) is 41.2 Å². The first-order valence-corrected chi connectivity index (χ1v) is 6.93. The Hall–Kier alpha value is -2.17. The average Bonchev–Trinajstić information content (AvgIpc) is 2.84. The zero-order valence-electron chi connectivity index (χ0n) is 11.9. The number of benzene rings is 1. The van der Waals surface area contributed by atoms with E-state index in [1.54, 1.807) is 0 Å². The SMILES string of the molecule is CC1(NC(=O)c2cc(C=CC(=O)O)ccc2F)CCCC1. The Labute approximate surface area is 122 Å². The zero-order valence-corrected chi connectivity index (χ0v) is 11.9. The molecule has 0 heterocycles. The van der Waals surface area contributed by atoms with Crippen molar-refractivity contribution >= 4 is 18.0 Å². The fourth-order valence-corrected chi connectivity index (χ4v) is 2.61. The lowest BCUT2D eigenvalue weighted by Crippen LogP contribution is -2.43. The van der Waals surface area contributed by atoms with Crippen LogP contribution in [0.2, 0.25) is 0 Å². The number of carboxylic acids is 1. The Kier molecular flexibility index (Phi) is 4.40. The number of amides is 1. The molecule has 1 aromatic rings. The van der Waals surface area contributed by atoms with E-state index in [0.29, 0.717) is 5.56 Å². The van der Waals surface area contributed by atoms with Crippen LogP contribution in [0.3, 0.4) is 0 Å². The smallest absolute Gasteiger partial charge is 0.328 e. The summed E-state index contributed by atoms with van der Waals surface area (Å²) in [6.45, 7) is 1.96. The van der Waals surface area contributed by atoms with E-state index in [1.165, 1.54) is 24.3 Å². The normalized spacial score (nSPS) is 17.0. The van der Waals surface area contributed by atoms with Gasteiger partial charge in [0.15, 0.2) is 0 Å². The highest BCUT2D eigenvalue weighted by atomic mass is 19.1. The van der Waals surface area contributed by atoms with Crippen LogP contribution in [0.5, 0.6) is 0 Å². The van der Waals surface area contributed by atoms with Crippen LogP contribution in [-0.4, -0.2) is 22.5 Å². The largest absolute Gasteiger partial charge is 0.478 e. The molecule has 1 aliphatic carbocycles. The quantitative estimate of drug-likeness (QED) is 0.838. The summed E-state index contributed by atoms with van der Waals surface area (Å²) >= 11 is 0. The molecule has 0 atom stereocenters. The van der Waals surface area contributed by atoms with Crippen LogP contribution in [0.25, 0.3) is 6.08 Å². The molecule has 5 heteroatoms. The van der Waals surface area contributed by atoms with Gasteiger partial charge in [-0.2, -0.15) is 0 Å². The van der Waals surface area contributed by atoms with Gasteiger partial charge in [-0.15, -0.1) is 0 Å². The van der Waals surface area contributed by atoms with Crippen LogP contribution in [-0.2, 0) is 4.79 Å². The molecule has 1 aromatic carbocycles. The van der Waals surface area contributed by atoms with E-state index < -0.39 is 17.7 Å². The van der Waals surface area contributed by atoms with Crippen molar-refractivity contribution in [2.24, 2.45) is 0 Å². The van der Waals surface area contributed by atoms with Crippen molar-refractivity contribution in [1.29, 1.82) is 0 Å². The van der Waals surface area contributed by atoms with Gasteiger partial charge in [0, 0.05) is 11.6 Å². The first kappa shape index (κ1) is 15.2. The molecule has 2 rings (SSSR count). The second-order valence-corrected chi connectivity index (χ2v) is 5.63. The van der Waals surface area contributed by atoms with Crippen LogP contribution >= 0.6 is 0 Å². The summed E-state index contributed by atoms with van der Waals surface area (Å²) in [5.74, 6) is -2.16. The number of hydrogen-bond donors (Lipinski definition) is 2. The van der Waals surface area contributed by atoms with Gasteiger partial charge in [-0.1, -0.05) is 18.9 Å². The molecule has 0 saturated heterocycles. The number of carbonyl (C=O) groups excluding carboxylic acids is 1. The van der Waals surface area contributed by atoms with Gasteiger partial charge in [0.05, 0.1) is 5.56 Å². The topological polar surface area (TPSA) is 66.4 Å². The summed E-state index contributed by atoms with van der Waals surface area (Å²) in [7, 11) is 0. The number of carboxylic acid groups (broad SMARTS) is 1. The molecule has 4 nitrogen and oxygen atoms in total. The summed E-state index contributed by atoms with van der Waals surface area (Å²) in [5, 5.41) is 11.5. The molecule has 0 radical (unpaired) electrons. The number of nitrogens with one attached hydrogen (secondary N) is 1. The van der Waals surface area contributed by atoms with Gasteiger partial charge >= 0.3 is 5.97 Å². The number of aliphatic carboxylic acids is 1. The number of hydrogen-bond acceptors (Lipinski definition) is 2. The average molecular weight is 291 g/mol. The highest BCUT2D eigenvalue weighted by molar-refractivity contribution is 5.96. The first-order chi connectivity index (χ1) is 9.89. The molecule has 1 fully saturated rings. The lowest BCUT2D eigenvalue weighted by atomic mass is 9.99. The molecule has 0 aliphatic heterocycles. The molecule has 0 aromatic heterocycles. The predicted molar refractivity (Wildman–Crippen MR) is 77.4 cm³/mol. The van der Waals surface area contributed by atoms with E-state index >= 15 is 0 Å². The molecule has 1 amide bonds. The third-order valence-electron chi connectivity index (χ3n) is 3.78. The predicted octanol–water partition coefficient (Wildman–Crippen LogP) is 2.99. The van der Waals surface area contributed by atoms with Crippen molar-refractivity contribution in [2.75, 3.05) is 0 Å². The second kappa shape index (κ2) is 6.08. The summed E-state index contributed by atoms with van der Waals surface area (Å²) in [6.07, 6.45) is 6.17. The van der Waals surface area contributed by atoms with Gasteiger partial charge in [-0.25, -0.2) is 9.18 Å². The van der Waals surface area contributed by atoms with E-state index in [4.69, 9.17) is 5.11 Å². The van der Waals surface area contributed by atoms with E-state index in [-0.39, 0.29) is 11.1 Å². The molecule has 21 heavy (non-hydrogen) atoms. The lowest BCUT2D eigenvalue weighted by molar-refractivity contribution is -0.131. The molecule has 1 saturated carbocycles. The van der Waals surface area contributed by atoms with Gasteiger partial charge in [0.2, 0.25) is 0 Å². The minimum Gasteiger partial charge on any atom is -0.478 e. The standard InChI is InChI=1S/C16H18FNO3/c1-16(8-2-3-9-16)18-15(21)12-10-11(4-6-13(12)17)5-7-14(19)20/h4-7,10H,2-3,8-9H2,1H3,(H,18,21)(H,19,20). The highest BCUT2D eigenvalue weighted by Crippen LogP contribution is 2.29. The Bertz CT molecular complexity index is 589. The first-order valence-electron chi connectivity index (χ1n) is 6.93. The minimum absolute atomic E-state index is 0.0596. The Morgan fingerprint density at radius 1 is 1.33 bits per heavy atom. The van der Waals surface area contributed by atoms with Gasteiger partial charge in [0.1, 0.15) is 5.82 Å². The molecule has 0 unspecified atom stereocenters. The molecule has 0 bridgehead atoms. The van der Waals surface area contributed by atoms with E-state index in [0.717, 1.165) is 31.8 Å². The Morgan fingerprint density at radius 2 is 2.00 bits per heavy atom. The Balaban J connectivity index is 2.19. The van der Waals surface area contributed by atoms with Crippen LogP contribution in [0.1, 0.15) is 48.5 Å². The second-order valence-electron chi connectivity index (χ2n) is 5.63. The van der Waals surface area contributed by atoms with Crippen molar-refractivity contribution in [1.82, 2.24) is 5.32 Å². The Morgan fingerprint density at radius 3 is 2.62 bits per heavy atom. The summed E-state index contributed by atoms with van der Waals surface area (Å²) in [5.41, 5.74) is 0.132. The van der Waals surface area contributed by atoms with Gasteiger partial charge in [-0.05, 0) is 43.5 Å². The van der Waals surface area contributed by atoms with Crippen LogP contribution < -0.4 is 5.32 Å². The number of rotatable bonds is 4. The van der Waals surface area contributed by atoms with E-state index in [9.17, 15) is 14.0 Å². The van der Waals surface area contributed by atoms with Gasteiger partial charge in [-0.3, -0.25) is 4.79 Å². The fraction of sp³-hybridized carbons (Fsp3) is 0.375. The van der Waals surface area contributed by atoms with Gasteiger partial charge < -0.3 is 10.4 Å². The maximum absolute atomic E-state index is 13.8. The molecular weight excluding hydrogens is 273 g/mol. The van der Waals surface area contributed by atoms with Crippen molar-refractivity contribution in [3.63, 3.8) is 0 Å². The molecule has 112 valence electrons. The highest BCUT2D eigenvalue weighted by Gasteiger charge is 2.31. The van der Waals surface area contributed by atoms with Crippen LogP contribution in [0.15, 0.2) is 24.3 Å². The number of carbonyl (C=O) groups is 2. The summed E-state index contributed by atoms with van der Waals surface area (Å²) in [4.78, 5) is 22.7. The van der Waals surface area contributed by atoms with Crippen molar-refractivity contribution in [3.8, 4) is 0 Å². The maximum Gasteiger partial charge on any atom is 0.328 e. The third-order valence-corrected chi connectivity index (χ3v) is 3.78. The molecule has 0 spiro atoms. The van der Waals surface area contributed by atoms with E-state index in [1.807, 2.05) is 6.92 Å². The third kappa shape index (κ3) is 3.90. The van der Waals surface area contributed by atoms with Crippen LogP contribution in [0, 0.1) is 5.82 Å². The fourth-order valence-electron chi connectivity index (χ4n) is 2.61. The zero-order chi connectivity index (χ0) is 15.5. The summed E-state index contributed by atoms with van der Waals surface area (Å²) in [6, 6.07) is 3.97. The van der Waals surface area contributed by atoms with Crippen molar-refractivity contribution < 1.29 is 19.1 Å². The van der Waals surface area contributed by atoms with Crippen molar-refractivity contribution in [2.45, 2.75) is 38.1 Å². The lowest BCUT2D eigenvalue weighted by Gasteiger charge is -2.25. The molecule has 1 aliphatic rings. The summed E-state index contributed by atoms with van der Waals surface area (Å²) < 4.78 is 13.8. The molecular formula is C16H18FNO3.